The molecule has 0 atom stereocenters. The average molecular weight is 351 g/mol. The van der Waals surface area contributed by atoms with Crippen LogP contribution in [0.1, 0.15) is 35.7 Å². The molecule has 134 valence electrons. The number of nitrogens with one attached hydrogen (secondary N) is 1. The zero-order chi connectivity index (χ0) is 18.8. The van der Waals surface area contributed by atoms with E-state index in [1.54, 1.807) is 20.8 Å². The van der Waals surface area contributed by atoms with Crippen molar-refractivity contribution in [2.75, 3.05) is 7.11 Å². The van der Waals surface area contributed by atoms with Crippen molar-refractivity contribution >= 4 is 17.7 Å². The summed E-state index contributed by atoms with van der Waals surface area (Å²) < 4.78 is 10.8. The van der Waals surface area contributed by atoms with Gasteiger partial charge in [-0.1, -0.05) is 5.16 Å². The lowest BCUT2D eigenvalue weighted by Crippen LogP contribution is -2.43. The molecule has 0 saturated heterocycles. The molecule has 0 aliphatic rings. The third-order valence-corrected chi connectivity index (χ3v) is 3.48. The summed E-state index contributed by atoms with van der Waals surface area (Å²) in [6, 6.07) is 0. The molecule has 11 nitrogen and oxygen atoms in total. The quantitative estimate of drug-likeness (QED) is 0.460. The minimum atomic E-state index is -1.03. The van der Waals surface area contributed by atoms with Crippen molar-refractivity contribution in [3.63, 3.8) is 0 Å². The minimum Gasteiger partial charge on any atom is -0.465 e. The second kappa shape index (κ2) is 6.71. The molecule has 2 aromatic heterocycles. The normalized spacial score (nSPS) is 11.2. The van der Waals surface area contributed by atoms with Gasteiger partial charge in [-0.15, -0.1) is 0 Å². The van der Waals surface area contributed by atoms with Crippen LogP contribution < -0.4 is 5.32 Å². The van der Waals surface area contributed by atoms with Gasteiger partial charge < -0.3 is 24.7 Å². The number of imidazole rings is 1. The van der Waals surface area contributed by atoms with Gasteiger partial charge in [0.2, 0.25) is 11.7 Å². The van der Waals surface area contributed by atoms with E-state index in [1.165, 1.54) is 17.9 Å². The summed E-state index contributed by atoms with van der Waals surface area (Å²) >= 11 is 0. The number of esters is 1. The molecular weight excluding hydrogens is 334 g/mol. The highest BCUT2D eigenvalue weighted by molar-refractivity contribution is 5.90. The lowest BCUT2D eigenvalue weighted by atomic mass is 9.97. The summed E-state index contributed by atoms with van der Waals surface area (Å²) in [5, 5.41) is 17.2. The summed E-state index contributed by atoms with van der Waals surface area (Å²) in [5.74, 6) is -1.09. The number of nitrogens with zero attached hydrogens (tertiary/aromatic N) is 4. The number of carbonyl (C=O) groups is 2. The van der Waals surface area contributed by atoms with E-state index in [1.807, 2.05) is 0 Å². The maximum absolute atomic E-state index is 12.3. The third kappa shape index (κ3) is 3.82. The first-order valence-electron chi connectivity index (χ1n) is 7.18. The predicted octanol–water partition coefficient (Wildman–Crippen LogP) is 0.926. The van der Waals surface area contributed by atoms with Crippen LogP contribution >= 0.6 is 0 Å². The van der Waals surface area contributed by atoms with Crippen LogP contribution in [0.4, 0.5) is 5.82 Å². The molecule has 0 saturated carbocycles. The molecule has 0 aliphatic heterocycles. The molecule has 2 heterocycles. The van der Waals surface area contributed by atoms with Crippen LogP contribution in [0.15, 0.2) is 17.0 Å². The Bertz CT molecular complexity index is 822. The molecule has 0 fully saturated rings. The number of ether oxygens (including phenoxy) is 1. The number of hydrogen-bond acceptors (Lipinski definition) is 8. The molecule has 1 N–H and O–H groups in total. The SMILES string of the molecule is COC(=O)c1conc1C(C)(C)NC(=O)Cn1cc([N+](=O)[O-])nc1C. The molecule has 0 unspecified atom stereocenters. The summed E-state index contributed by atoms with van der Waals surface area (Å²) in [5.41, 5.74) is -0.725. The number of hydrogen-bond donors (Lipinski definition) is 1. The highest BCUT2D eigenvalue weighted by Gasteiger charge is 2.32. The molecule has 1 amide bonds. The highest BCUT2D eigenvalue weighted by Crippen LogP contribution is 2.23. The van der Waals surface area contributed by atoms with Crippen molar-refractivity contribution < 1.29 is 23.8 Å². The molecule has 0 spiro atoms. The molecule has 11 heteroatoms. The van der Waals surface area contributed by atoms with Gasteiger partial charge in [-0.05, 0) is 23.8 Å². The van der Waals surface area contributed by atoms with E-state index in [9.17, 15) is 19.7 Å². The zero-order valence-electron chi connectivity index (χ0n) is 14.1. The Morgan fingerprint density at radius 2 is 2.16 bits per heavy atom. The van der Waals surface area contributed by atoms with Crippen molar-refractivity contribution in [1.29, 1.82) is 0 Å². The predicted molar refractivity (Wildman–Crippen MR) is 82.6 cm³/mol. The topological polar surface area (TPSA) is 142 Å². The lowest BCUT2D eigenvalue weighted by molar-refractivity contribution is -0.389. The number of nitro groups is 1. The summed E-state index contributed by atoms with van der Waals surface area (Å²) in [6.45, 7) is 4.65. The third-order valence-electron chi connectivity index (χ3n) is 3.48. The number of aryl methyl sites for hydroxylation is 1. The number of aromatic nitrogens is 3. The van der Waals surface area contributed by atoms with E-state index in [-0.39, 0.29) is 23.6 Å². The van der Waals surface area contributed by atoms with Crippen LogP contribution in [0.25, 0.3) is 0 Å². The van der Waals surface area contributed by atoms with Crippen LogP contribution in [-0.4, -0.2) is 38.6 Å². The molecular formula is C14H17N5O6. The highest BCUT2D eigenvalue weighted by atomic mass is 16.6. The molecule has 0 aromatic carbocycles. The van der Waals surface area contributed by atoms with Crippen LogP contribution in [0, 0.1) is 17.0 Å². The molecule has 0 radical (unpaired) electrons. The first-order chi connectivity index (χ1) is 11.7. The van der Waals surface area contributed by atoms with Crippen molar-refractivity contribution in [3.8, 4) is 0 Å². The van der Waals surface area contributed by atoms with Crippen molar-refractivity contribution in [3.05, 3.63) is 39.7 Å². The van der Waals surface area contributed by atoms with Gasteiger partial charge in [0.15, 0.2) is 0 Å². The van der Waals surface area contributed by atoms with Gasteiger partial charge >= 0.3 is 11.8 Å². The molecule has 2 rings (SSSR count). The van der Waals surface area contributed by atoms with E-state index in [4.69, 9.17) is 4.52 Å². The van der Waals surface area contributed by atoms with E-state index in [2.05, 4.69) is 20.2 Å². The molecule has 0 aliphatic carbocycles. The fourth-order valence-electron chi connectivity index (χ4n) is 2.28. The van der Waals surface area contributed by atoms with E-state index < -0.39 is 22.3 Å². The standard InChI is InChI=1S/C14H17N5O6/c1-8-15-10(19(22)23)5-18(8)6-11(20)16-14(2,3)12-9(7-25-17-12)13(21)24-4/h5,7H,6H2,1-4H3,(H,16,20). The smallest absolute Gasteiger partial charge is 0.381 e. The Morgan fingerprint density at radius 3 is 2.72 bits per heavy atom. The second-order valence-corrected chi connectivity index (χ2v) is 5.77. The fraction of sp³-hybridized carbons (Fsp3) is 0.429. The van der Waals surface area contributed by atoms with Gasteiger partial charge in [-0.25, -0.2) is 4.79 Å². The Labute approximate surface area is 142 Å². The Morgan fingerprint density at radius 1 is 1.48 bits per heavy atom. The number of amides is 1. The van der Waals surface area contributed by atoms with Gasteiger partial charge in [-0.3, -0.25) is 9.36 Å². The Balaban J connectivity index is 2.15. The Kier molecular flexibility index (Phi) is 4.86. The van der Waals surface area contributed by atoms with Gasteiger partial charge in [0, 0.05) is 6.92 Å². The zero-order valence-corrected chi connectivity index (χ0v) is 14.1. The summed E-state index contributed by atoms with van der Waals surface area (Å²) in [7, 11) is 1.22. The fourth-order valence-corrected chi connectivity index (χ4v) is 2.28. The van der Waals surface area contributed by atoms with Crippen LogP contribution in [-0.2, 0) is 21.6 Å². The summed E-state index contributed by atoms with van der Waals surface area (Å²) in [6.07, 6.45) is 2.32. The van der Waals surface area contributed by atoms with E-state index in [0.29, 0.717) is 5.82 Å². The van der Waals surface area contributed by atoms with E-state index >= 15 is 0 Å². The number of rotatable bonds is 6. The van der Waals surface area contributed by atoms with Crippen molar-refractivity contribution in [1.82, 2.24) is 20.0 Å². The van der Waals surface area contributed by atoms with Gasteiger partial charge in [0.05, 0.1) is 12.6 Å². The van der Waals surface area contributed by atoms with Crippen LogP contribution in [0.5, 0.6) is 0 Å². The van der Waals surface area contributed by atoms with Gasteiger partial charge in [0.1, 0.15) is 30.3 Å². The van der Waals surface area contributed by atoms with E-state index in [0.717, 1.165) is 6.26 Å². The second-order valence-electron chi connectivity index (χ2n) is 5.77. The summed E-state index contributed by atoms with van der Waals surface area (Å²) in [4.78, 5) is 37.9. The average Bonchev–Trinajstić information content (AvgIpc) is 3.14. The first-order valence-corrected chi connectivity index (χ1v) is 7.18. The largest absolute Gasteiger partial charge is 0.465 e. The minimum absolute atomic E-state index is 0.0993. The molecule has 25 heavy (non-hydrogen) atoms. The maximum Gasteiger partial charge on any atom is 0.381 e. The monoisotopic (exact) mass is 351 g/mol. The first kappa shape index (κ1) is 18.1. The molecule has 2 aromatic rings. The number of methoxy groups -OCH3 is 1. The van der Waals surface area contributed by atoms with Gasteiger partial charge in [0.25, 0.3) is 0 Å². The van der Waals surface area contributed by atoms with Crippen LogP contribution in [0.2, 0.25) is 0 Å². The van der Waals surface area contributed by atoms with Crippen LogP contribution in [0.3, 0.4) is 0 Å². The van der Waals surface area contributed by atoms with Crippen molar-refractivity contribution in [2.45, 2.75) is 32.9 Å². The Hall–Kier alpha value is -3.24. The maximum atomic E-state index is 12.3. The number of carbonyl (C=O) groups excluding carboxylic acids is 2. The van der Waals surface area contributed by atoms with Crippen molar-refractivity contribution in [2.24, 2.45) is 0 Å². The van der Waals surface area contributed by atoms with Gasteiger partial charge in [-0.2, -0.15) is 0 Å². The molecule has 0 bridgehead atoms. The lowest BCUT2D eigenvalue weighted by Gasteiger charge is -2.24.